The topological polar surface area (TPSA) is 32.3 Å². The van der Waals surface area contributed by atoms with Crippen LogP contribution in [0, 0.1) is 5.41 Å². The normalized spacial score (nSPS) is 44.8. The first-order valence-electron chi connectivity index (χ1n) is 6.07. The first-order chi connectivity index (χ1) is 7.01. The lowest BCUT2D eigenvalue weighted by Crippen LogP contribution is -2.63. The van der Waals surface area contributed by atoms with Crippen molar-refractivity contribution >= 4 is 11.8 Å². The summed E-state index contributed by atoms with van der Waals surface area (Å²) in [6.07, 6.45) is 3.46. The van der Waals surface area contributed by atoms with E-state index in [1.54, 1.807) is 0 Å². The van der Waals surface area contributed by atoms with Gasteiger partial charge in [0.15, 0.2) is 0 Å². The number of aliphatic hydroxyl groups is 1. The number of nitrogens with one attached hydrogen (secondary N) is 1. The molecule has 0 aromatic rings. The van der Waals surface area contributed by atoms with Crippen LogP contribution in [0.4, 0.5) is 0 Å². The van der Waals surface area contributed by atoms with Gasteiger partial charge in [-0.1, -0.05) is 20.8 Å². The largest absolute Gasteiger partial charge is 0.392 e. The molecule has 2 nitrogen and oxygen atoms in total. The smallest absolute Gasteiger partial charge is 0.0621 e. The molecule has 1 saturated heterocycles. The molecule has 1 heterocycles. The van der Waals surface area contributed by atoms with Crippen molar-refractivity contribution < 1.29 is 5.11 Å². The summed E-state index contributed by atoms with van der Waals surface area (Å²) in [4.78, 5) is 0. The Morgan fingerprint density at radius 1 is 1.40 bits per heavy atom. The highest BCUT2D eigenvalue weighted by Gasteiger charge is 2.48. The molecule has 88 valence electrons. The Kier molecular flexibility index (Phi) is 3.34. The maximum atomic E-state index is 9.70. The van der Waals surface area contributed by atoms with Crippen LogP contribution >= 0.6 is 11.8 Å². The van der Waals surface area contributed by atoms with Crippen molar-refractivity contribution in [1.29, 1.82) is 0 Å². The van der Waals surface area contributed by atoms with Crippen molar-refractivity contribution in [3.63, 3.8) is 0 Å². The van der Waals surface area contributed by atoms with Crippen LogP contribution in [0.3, 0.4) is 0 Å². The van der Waals surface area contributed by atoms with Crippen LogP contribution in [-0.4, -0.2) is 34.3 Å². The van der Waals surface area contributed by atoms with Gasteiger partial charge in [-0.2, -0.15) is 11.8 Å². The number of thioether (sulfide) groups is 1. The highest BCUT2D eigenvalue weighted by Crippen LogP contribution is 2.41. The molecule has 2 rings (SSSR count). The minimum Gasteiger partial charge on any atom is -0.392 e. The first kappa shape index (κ1) is 11.7. The van der Waals surface area contributed by atoms with Gasteiger partial charge in [0.2, 0.25) is 0 Å². The lowest BCUT2D eigenvalue weighted by molar-refractivity contribution is -0.0761. The monoisotopic (exact) mass is 229 g/mol. The second-order valence-electron chi connectivity index (χ2n) is 5.62. The van der Waals surface area contributed by atoms with Crippen molar-refractivity contribution in [2.75, 3.05) is 5.75 Å². The summed E-state index contributed by atoms with van der Waals surface area (Å²) in [7, 11) is 0. The van der Waals surface area contributed by atoms with Gasteiger partial charge in [0.05, 0.1) is 6.10 Å². The molecule has 2 fully saturated rings. The molecule has 1 saturated carbocycles. The maximum Gasteiger partial charge on any atom is 0.0621 e. The molecule has 2 N–H and O–H groups in total. The quantitative estimate of drug-likeness (QED) is 0.760. The van der Waals surface area contributed by atoms with Crippen molar-refractivity contribution in [2.45, 2.75) is 63.5 Å². The van der Waals surface area contributed by atoms with Gasteiger partial charge in [0.25, 0.3) is 0 Å². The highest BCUT2D eigenvalue weighted by molar-refractivity contribution is 7.99. The van der Waals surface area contributed by atoms with Crippen LogP contribution in [0.15, 0.2) is 0 Å². The zero-order valence-corrected chi connectivity index (χ0v) is 10.8. The number of hydrogen-bond donors (Lipinski definition) is 2. The van der Waals surface area contributed by atoms with E-state index >= 15 is 0 Å². The number of rotatable bonds is 2. The average molecular weight is 229 g/mol. The summed E-state index contributed by atoms with van der Waals surface area (Å²) in [5.74, 6) is 1.32. The van der Waals surface area contributed by atoms with Crippen LogP contribution in [0.2, 0.25) is 0 Å². The molecule has 1 aliphatic carbocycles. The Morgan fingerprint density at radius 3 is 2.67 bits per heavy atom. The third kappa shape index (κ3) is 2.20. The fraction of sp³-hybridized carbons (Fsp3) is 1.00. The molecule has 0 aromatic carbocycles. The summed E-state index contributed by atoms with van der Waals surface area (Å²) in [5, 5.41) is 14.2. The zero-order valence-electron chi connectivity index (χ0n) is 9.99. The van der Waals surface area contributed by atoms with E-state index in [1.165, 1.54) is 18.6 Å². The van der Waals surface area contributed by atoms with Crippen LogP contribution in [0.5, 0.6) is 0 Å². The molecule has 3 heteroatoms. The predicted molar refractivity (Wildman–Crippen MR) is 66.3 cm³/mol. The van der Waals surface area contributed by atoms with Gasteiger partial charge >= 0.3 is 0 Å². The fourth-order valence-corrected chi connectivity index (χ4v) is 3.74. The molecule has 0 aromatic heterocycles. The lowest BCUT2D eigenvalue weighted by atomic mass is 9.64. The van der Waals surface area contributed by atoms with E-state index in [-0.39, 0.29) is 11.5 Å². The van der Waals surface area contributed by atoms with Crippen LogP contribution in [-0.2, 0) is 0 Å². The molecule has 0 radical (unpaired) electrons. The third-order valence-electron chi connectivity index (χ3n) is 4.24. The molecule has 0 spiro atoms. The molecule has 0 amide bonds. The zero-order chi connectivity index (χ0) is 11.1. The first-order valence-corrected chi connectivity index (χ1v) is 7.12. The fourth-order valence-electron chi connectivity index (χ4n) is 2.59. The van der Waals surface area contributed by atoms with Gasteiger partial charge in [-0.05, 0) is 25.0 Å². The summed E-state index contributed by atoms with van der Waals surface area (Å²) >= 11 is 2.08. The standard InChI is InChI=1S/C12H23NOS/c1-8-9(5-4-6-15-8)13-10-7-11(14)12(10,2)3/h8-11,13-14H,4-7H2,1-3H3. The van der Waals surface area contributed by atoms with Crippen LogP contribution < -0.4 is 5.32 Å². The number of hydrogen-bond acceptors (Lipinski definition) is 3. The summed E-state index contributed by atoms with van der Waals surface area (Å²) in [6.45, 7) is 6.66. The Morgan fingerprint density at radius 2 is 2.13 bits per heavy atom. The summed E-state index contributed by atoms with van der Waals surface area (Å²) in [6, 6.07) is 1.17. The van der Waals surface area contributed by atoms with E-state index < -0.39 is 0 Å². The molecule has 15 heavy (non-hydrogen) atoms. The van der Waals surface area contributed by atoms with Crippen LogP contribution in [0.25, 0.3) is 0 Å². The van der Waals surface area contributed by atoms with E-state index in [9.17, 15) is 5.11 Å². The van der Waals surface area contributed by atoms with E-state index in [1.807, 2.05) is 0 Å². The van der Waals surface area contributed by atoms with Gasteiger partial charge in [0.1, 0.15) is 0 Å². The van der Waals surface area contributed by atoms with E-state index in [2.05, 4.69) is 37.8 Å². The average Bonchev–Trinajstić information content (AvgIpc) is 2.20. The predicted octanol–water partition coefficient (Wildman–Crippen LogP) is 2.02. The van der Waals surface area contributed by atoms with Crippen molar-refractivity contribution in [3.05, 3.63) is 0 Å². The van der Waals surface area contributed by atoms with Crippen molar-refractivity contribution in [3.8, 4) is 0 Å². The third-order valence-corrected chi connectivity index (χ3v) is 5.62. The van der Waals surface area contributed by atoms with Crippen molar-refractivity contribution in [2.24, 2.45) is 5.41 Å². The maximum absolute atomic E-state index is 9.70. The Balaban J connectivity index is 1.87. The Bertz CT molecular complexity index is 230. The SMILES string of the molecule is CC1SCCCC1NC1CC(O)C1(C)C. The van der Waals surface area contributed by atoms with Gasteiger partial charge < -0.3 is 10.4 Å². The van der Waals surface area contributed by atoms with Crippen LogP contribution in [0.1, 0.15) is 40.0 Å². The molecule has 2 aliphatic rings. The van der Waals surface area contributed by atoms with Gasteiger partial charge in [-0.3, -0.25) is 0 Å². The lowest BCUT2D eigenvalue weighted by Gasteiger charge is -2.51. The molecule has 0 bridgehead atoms. The summed E-state index contributed by atoms with van der Waals surface area (Å²) < 4.78 is 0. The Hall–Kier alpha value is 0.270. The summed E-state index contributed by atoms with van der Waals surface area (Å²) in [5.41, 5.74) is 0.0713. The van der Waals surface area contributed by atoms with E-state index in [0.29, 0.717) is 12.1 Å². The molecular formula is C12H23NOS. The number of aliphatic hydroxyl groups excluding tert-OH is 1. The minimum atomic E-state index is -0.110. The van der Waals surface area contributed by atoms with E-state index in [0.717, 1.165) is 11.7 Å². The van der Waals surface area contributed by atoms with Gasteiger partial charge in [0, 0.05) is 22.7 Å². The second-order valence-corrected chi connectivity index (χ2v) is 7.10. The van der Waals surface area contributed by atoms with Crippen molar-refractivity contribution in [1.82, 2.24) is 5.32 Å². The second kappa shape index (κ2) is 4.27. The molecular weight excluding hydrogens is 206 g/mol. The minimum absolute atomic E-state index is 0.0713. The van der Waals surface area contributed by atoms with Gasteiger partial charge in [-0.25, -0.2) is 0 Å². The molecule has 4 unspecified atom stereocenters. The Labute approximate surface area is 97.2 Å². The molecule has 4 atom stereocenters. The van der Waals surface area contributed by atoms with E-state index in [4.69, 9.17) is 0 Å². The molecule has 1 aliphatic heterocycles. The highest BCUT2D eigenvalue weighted by atomic mass is 32.2. The van der Waals surface area contributed by atoms with Gasteiger partial charge in [-0.15, -0.1) is 0 Å².